The van der Waals surface area contributed by atoms with Crippen LogP contribution in [0.15, 0.2) is 30.3 Å². The van der Waals surface area contributed by atoms with Crippen molar-refractivity contribution in [2.24, 2.45) is 5.92 Å². The van der Waals surface area contributed by atoms with E-state index in [9.17, 15) is 19.2 Å². The van der Waals surface area contributed by atoms with Crippen LogP contribution in [0.2, 0.25) is 0 Å². The molecule has 7 nitrogen and oxygen atoms in total. The normalized spacial score (nSPS) is 17.6. The molecule has 1 saturated heterocycles. The molecule has 1 aliphatic heterocycles. The van der Waals surface area contributed by atoms with Gasteiger partial charge in [0.15, 0.2) is 0 Å². The van der Waals surface area contributed by atoms with Gasteiger partial charge in [0, 0.05) is 12.3 Å². The van der Waals surface area contributed by atoms with Gasteiger partial charge in [-0.1, -0.05) is 30.3 Å². The number of rotatable bonds is 9. The first kappa shape index (κ1) is 22.6. The van der Waals surface area contributed by atoms with Gasteiger partial charge in [0.05, 0.1) is 12.5 Å². The molecule has 1 heterocycles. The number of hydrogen-bond acceptors (Lipinski definition) is 6. The van der Waals surface area contributed by atoms with E-state index in [4.69, 9.17) is 9.47 Å². The Kier molecular flexibility index (Phi) is 7.93. The summed E-state index contributed by atoms with van der Waals surface area (Å²) in [5.74, 6) is -1.70. The van der Waals surface area contributed by atoms with Crippen molar-refractivity contribution in [1.29, 1.82) is 0 Å². The second-order valence-electron chi connectivity index (χ2n) is 8.21. The smallest absolute Gasteiger partial charge is 0.416 e. The highest BCUT2D eigenvalue weighted by molar-refractivity contribution is 5.96. The molecule has 2 atom stereocenters. The van der Waals surface area contributed by atoms with E-state index in [1.165, 1.54) is 0 Å². The molecule has 0 spiro atoms. The topological polar surface area (TPSA) is 90.0 Å². The monoisotopic (exact) mass is 403 g/mol. The lowest BCUT2D eigenvalue weighted by molar-refractivity contribution is -0.158. The van der Waals surface area contributed by atoms with E-state index in [2.05, 4.69) is 0 Å². The Bertz CT molecular complexity index is 725. The Balaban J connectivity index is 2.14. The zero-order valence-electron chi connectivity index (χ0n) is 17.3. The van der Waals surface area contributed by atoms with Gasteiger partial charge in [-0.3, -0.25) is 9.59 Å². The minimum absolute atomic E-state index is 0.118. The number of nitrogens with zero attached hydrogens (tertiary/aromatic N) is 1. The highest BCUT2D eigenvalue weighted by Crippen LogP contribution is 2.25. The zero-order chi connectivity index (χ0) is 21.4. The first-order chi connectivity index (χ1) is 13.7. The van der Waals surface area contributed by atoms with Crippen LogP contribution in [-0.4, -0.2) is 47.4 Å². The Morgan fingerprint density at radius 3 is 2.59 bits per heavy atom. The minimum Gasteiger partial charge on any atom is -0.460 e. The third-order valence-electron chi connectivity index (χ3n) is 4.57. The number of amides is 2. The van der Waals surface area contributed by atoms with Gasteiger partial charge >= 0.3 is 12.1 Å². The van der Waals surface area contributed by atoms with Crippen molar-refractivity contribution >= 4 is 24.3 Å². The predicted molar refractivity (Wildman–Crippen MR) is 106 cm³/mol. The fourth-order valence-corrected chi connectivity index (χ4v) is 3.31. The van der Waals surface area contributed by atoms with Crippen LogP contribution < -0.4 is 0 Å². The zero-order valence-corrected chi connectivity index (χ0v) is 17.3. The quantitative estimate of drug-likeness (QED) is 0.357. The highest BCUT2D eigenvalue weighted by atomic mass is 16.6. The summed E-state index contributed by atoms with van der Waals surface area (Å²) in [6, 6.07) is 9.10. The molecule has 0 N–H and O–H groups in total. The van der Waals surface area contributed by atoms with Crippen molar-refractivity contribution < 1.29 is 28.7 Å². The second kappa shape index (κ2) is 10.2. The first-order valence-corrected chi connectivity index (χ1v) is 9.90. The number of esters is 1. The molecule has 0 aliphatic carbocycles. The number of imide groups is 1. The first-order valence-electron chi connectivity index (χ1n) is 9.90. The van der Waals surface area contributed by atoms with Gasteiger partial charge in [-0.15, -0.1) is 0 Å². The van der Waals surface area contributed by atoms with Crippen molar-refractivity contribution in [3.05, 3.63) is 35.9 Å². The minimum atomic E-state index is -0.742. The Morgan fingerprint density at radius 2 is 1.97 bits per heavy atom. The summed E-state index contributed by atoms with van der Waals surface area (Å²) in [6.07, 6.45) is 1.48. The Morgan fingerprint density at radius 1 is 1.28 bits per heavy atom. The lowest BCUT2D eigenvalue weighted by atomic mass is 9.95. The van der Waals surface area contributed by atoms with Gasteiger partial charge in [0.2, 0.25) is 5.91 Å². The number of ether oxygens (including phenoxy) is 2. The summed E-state index contributed by atoms with van der Waals surface area (Å²) in [6.45, 7) is 5.37. The van der Waals surface area contributed by atoms with Crippen LogP contribution in [0.1, 0.15) is 52.0 Å². The third-order valence-corrected chi connectivity index (χ3v) is 4.57. The Labute approximate surface area is 171 Å². The summed E-state index contributed by atoms with van der Waals surface area (Å²) >= 11 is 0. The fraction of sp³-hybridized carbons (Fsp3) is 0.545. The van der Waals surface area contributed by atoms with Crippen LogP contribution in [0.5, 0.6) is 0 Å². The van der Waals surface area contributed by atoms with Gasteiger partial charge in [-0.2, -0.15) is 0 Å². The predicted octanol–water partition coefficient (Wildman–Crippen LogP) is 3.29. The maximum atomic E-state index is 13.2. The molecule has 158 valence electrons. The molecule has 1 aromatic rings. The van der Waals surface area contributed by atoms with Crippen LogP contribution >= 0.6 is 0 Å². The molecule has 1 fully saturated rings. The maximum absolute atomic E-state index is 13.2. The van der Waals surface area contributed by atoms with E-state index < -0.39 is 35.5 Å². The van der Waals surface area contributed by atoms with Crippen LogP contribution in [0.3, 0.4) is 0 Å². The van der Waals surface area contributed by atoms with E-state index in [0.29, 0.717) is 19.3 Å². The molecular formula is C22H29NO6. The van der Waals surface area contributed by atoms with Gasteiger partial charge in [0.1, 0.15) is 18.5 Å². The number of cyclic esters (lactones) is 1. The number of unbranched alkanes of at least 4 members (excludes halogenated alkanes) is 1. The molecule has 0 aromatic heterocycles. The molecule has 1 aromatic carbocycles. The van der Waals surface area contributed by atoms with Crippen LogP contribution in [0.25, 0.3) is 0 Å². The molecule has 29 heavy (non-hydrogen) atoms. The maximum Gasteiger partial charge on any atom is 0.416 e. The van der Waals surface area contributed by atoms with Gasteiger partial charge < -0.3 is 14.3 Å². The van der Waals surface area contributed by atoms with Gasteiger partial charge in [-0.25, -0.2) is 9.69 Å². The summed E-state index contributed by atoms with van der Waals surface area (Å²) in [5.41, 5.74) is 0.314. The van der Waals surface area contributed by atoms with Gasteiger partial charge in [0.25, 0.3) is 0 Å². The molecule has 1 aliphatic rings. The van der Waals surface area contributed by atoms with Crippen LogP contribution in [0, 0.1) is 5.92 Å². The van der Waals surface area contributed by atoms with Crippen LogP contribution in [0.4, 0.5) is 4.79 Å². The summed E-state index contributed by atoms with van der Waals surface area (Å²) in [4.78, 5) is 49.5. The molecule has 7 heteroatoms. The van der Waals surface area contributed by atoms with Crippen molar-refractivity contribution in [2.45, 2.75) is 64.5 Å². The average molecular weight is 403 g/mol. The standard InChI is InChI=1S/C22H29NO6/c1-22(2,3)29-19(25)14-17(11-7-8-12-24)20(26)23-18(15-28-21(23)27)13-16-9-5-4-6-10-16/h4-6,9-10,12,17-18H,7-8,11,13-15H2,1-3H3/t17-,18+/m1/s1. The van der Waals surface area contributed by atoms with Crippen molar-refractivity contribution in [3.8, 4) is 0 Å². The fourth-order valence-electron chi connectivity index (χ4n) is 3.31. The average Bonchev–Trinajstić information content (AvgIpc) is 3.00. The summed E-state index contributed by atoms with van der Waals surface area (Å²) in [7, 11) is 0. The van der Waals surface area contributed by atoms with E-state index >= 15 is 0 Å². The van der Waals surface area contributed by atoms with E-state index in [1.54, 1.807) is 20.8 Å². The number of aldehydes is 1. The molecule has 0 saturated carbocycles. The number of carbonyl (C=O) groups is 4. The van der Waals surface area contributed by atoms with Gasteiger partial charge in [-0.05, 0) is 45.6 Å². The van der Waals surface area contributed by atoms with E-state index in [-0.39, 0.29) is 19.4 Å². The second-order valence-corrected chi connectivity index (χ2v) is 8.21. The molecule has 0 unspecified atom stereocenters. The number of carbonyl (C=O) groups excluding carboxylic acids is 4. The van der Waals surface area contributed by atoms with E-state index in [0.717, 1.165) is 16.7 Å². The number of benzene rings is 1. The summed E-state index contributed by atoms with van der Waals surface area (Å²) < 4.78 is 10.5. The Hall–Kier alpha value is -2.70. The highest BCUT2D eigenvalue weighted by Gasteiger charge is 2.41. The lowest BCUT2D eigenvalue weighted by Gasteiger charge is -2.26. The van der Waals surface area contributed by atoms with Crippen molar-refractivity contribution in [3.63, 3.8) is 0 Å². The van der Waals surface area contributed by atoms with Crippen molar-refractivity contribution in [2.75, 3.05) is 6.61 Å². The molecule has 2 rings (SSSR count). The molecule has 0 radical (unpaired) electrons. The number of hydrogen-bond donors (Lipinski definition) is 0. The van der Waals surface area contributed by atoms with Crippen molar-refractivity contribution in [1.82, 2.24) is 4.90 Å². The largest absolute Gasteiger partial charge is 0.460 e. The molecule has 0 bridgehead atoms. The van der Waals surface area contributed by atoms with Crippen LogP contribution in [-0.2, 0) is 30.3 Å². The lowest BCUT2D eigenvalue weighted by Crippen LogP contribution is -2.44. The molecular weight excluding hydrogens is 374 g/mol. The molecule has 2 amide bonds. The van der Waals surface area contributed by atoms with E-state index in [1.807, 2.05) is 30.3 Å². The SMILES string of the molecule is CC(C)(C)OC(=O)C[C@@H](CCCC=O)C(=O)N1C(=O)OC[C@@H]1Cc1ccccc1. The third kappa shape index (κ3) is 7.00. The summed E-state index contributed by atoms with van der Waals surface area (Å²) in [5, 5.41) is 0.